The summed E-state index contributed by atoms with van der Waals surface area (Å²) >= 11 is 3.10. The van der Waals surface area contributed by atoms with Crippen molar-refractivity contribution in [3.05, 3.63) is 32.8 Å². The lowest BCUT2D eigenvalue weighted by Gasteiger charge is -2.23. The minimum atomic E-state index is -4.03. The van der Waals surface area contributed by atoms with Crippen LogP contribution in [0.2, 0.25) is 0 Å². The Labute approximate surface area is 131 Å². The van der Waals surface area contributed by atoms with E-state index in [9.17, 15) is 18.5 Å². The van der Waals surface area contributed by atoms with Gasteiger partial charge in [0.2, 0.25) is 10.0 Å². The molecule has 0 radical (unpaired) electrons. The van der Waals surface area contributed by atoms with Crippen LogP contribution in [0.5, 0.6) is 0 Å². The molecular weight excluding hydrogens is 374 g/mol. The second-order valence-corrected chi connectivity index (χ2v) is 7.13. The van der Waals surface area contributed by atoms with Gasteiger partial charge in [0, 0.05) is 22.6 Å². The Kier molecular flexibility index (Phi) is 6.56. The number of rotatable bonds is 5. The van der Waals surface area contributed by atoms with Crippen LogP contribution in [-0.2, 0) is 10.0 Å². The van der Waals surface area contributed by atoms with Gasteiger partial charge in [0.1, 0.15) is 0 Å². The molecule has 0 aliphatic carbocycles. The molecule has 0 aromatic heterocycles. The second kappa shape index (κ2) is 6.81. The molecule has 1 rings (SSSR count). The van der Waals surface area contributed by atoms with Gasteiger partial charge in [0.25, 0.3) is 5.69 Å². The number of benzene rings is 1. The van der Waals surface area contributed by atoms with Crippen LogP contribution < -0.4 is 10.5 Å². The van der Waals surface area contributed by atoms with Gasteiger partial charge in [-0.2, -0.15) is 0 Å². The lowest BCUT2D eigenvalue weighted by molar-refractivity contribution is -0.387. The molecule has 0 fully saturated rings. The molecule has 0 spiro atoms. The first-order valence-corrected chi connectivity index (χ1v) is 7.55. The van der Waals surface area contributed by atoms with Crippen LogP contribution in [0.25, 0.3) is 0 Å². The summed E-state index contributed by atoms with van der Waals surface area (Å²) in [7, 11) is -4.03. The number of halogens is 2. The molecule has 0 saturated heterocycles. The van der Waals surface area contributed by atoms with Gasteiger partial charge >= 0.3 is 0 Å². The summed E-state index contributed by atoms with van der Waals surface area (Å²) in [6, 6.07) is 3.73. The van der Waals surface area contributed by atoms with Crippen molar-refractivity contribution in [3.8, 4) is 0 Å². The minimum absolute atomic E-state index is 0. The number of nitrogens with two attached hydrogens (primary N) is 1. The quantitative estimate of drug-likeness (QED) is 0.589. The first-order chi connectivity index (χ1) is 8.59. The molecule has 0 amide bonds. The first kappa shape index (κ1) is 19.3. The Morgan fingerprint density at radius 2 is 2.00 bits per heavy atom. The number of hydrogen-bond donors (Lipinski definition) is 2. The monoisotopic (exact) mass is 387 g/mol. The van der Waals surface area contributed by atoms with E-state index in [1.807, 2.05) is 0 Å². The lowest BCUT2D eigenvalue weighted by Crippen LogP contribution is -2.48. The highest BCUT2D eigenvalue weighted by atomic mass is 79.9. The third-order valence-corrected chi connectivity index (χ3v) is 4.55. The maximum atomic E-state index is 12.2. The maximum absolute atomic E-state index is 12.2. The fourth-order valence-electron chi connectivity index (χ4n) is 1.31. The van der Waals surface area contributed by atoms with Crippen LogP contribution in [0, 0.1) is 10.1 Å². The van der Waals surface area contributed by atoms with Gasteiger partial charge in [-0.05, 0) is 26.0 Å². The van der Waals surface area contributed by atoms with Crippen molar-refractivity contribution < 1.29 is 13.3 Å². The SMILES string of the molecule is CC(C)(CN)NS(=O)(=O)c1cc(Br)ccc1[N+](=O)[O-].Cl. The third-order valence-electron chi connectivity index (χ3n) is 2.33. The van der Waals surface area contributed by atoms with Gasteiger partial charge in [-0.1, -0.05) is 15.9 Å². The topological polar surface area (TPSA) is 115 Å². The molecule has 114 valence electrons. The Morgan fingerprint density at radius 3 is 2.45 bits per heavy atom. The first-order valence-electron chi connectivity index (χ1n) is 5.27. The van der Waals surface area contributed by atoms with E-state index in [1.54, 1.807) is 13.8 Å². The van der Waals surface area contributed by atoms with Crippen molar-refractivity contribution >= 4 is 44.0 Å². The highest BCUT2D eigenvalue weighted by Gasteiger charge is 2.30. The van der Waals surface area contributed by atoms with Crippen molar-refractivity contribution in [1.29, 1.82) is 0 Å². The van der Waals surface area contributed by atoms with E-state index in [0.717, 1.165) is 6.07 Å². The number of nitro benzene ring substituents is 1. The van der Waals surface area contributed by atoms with Gasteiger partial charge in [-0.25, -0.2) is 13.1 Å². The van der Waals surface area contributed by atoms with Gasteiger partial charge in [-0.3, -0.25) is 10.1 Å². The van der Waals surface area contributed by atoms with Crippen molar-refractivity contribution in [2.24, 2.45) is 5.73 Å². The molecule has 7 nitrogen and oxygen atoms in total. The van der Waals surface area contributed by atoms with Gasteiger partial charge in [0.05, 0.1) is 4.92 Å². The van der Waals surface area contributed by atoms with E-state index < -0.39 is 31.1 Å². The fourth-order valence-corrected chi connectivity index (χ4v) is 3.45. The Bertz CT molecular complexity index is 607. The third kappa shape index (κ3) is 4.67. The summed E-state index contributed by atoms with van der Waals surface area (Å²) in [5.41, 5.74) is 4.07. The van der Waals surface area contributed by atoms with Crippen molar-refractivity contribution in [2.45, 2.75) is 24.3 Å². The van der Waals surface area contributed by atoms with Crippen LogP contribution in [0.4, 0.5) is 5.69 Å². The Balaban J connectivity index is 0.00000361. The number of hydrogen-bond acceptors (Lipinski definition) is 5. The van der Waals surface area contributed by atoms with Crippen LogP contribution in [0.15, 0.2) is 27.6 Å². The highest BCUT2D eigenvalue weighted by Crippen LogP contribution is 2.27. The van der Waals surface area contributed by atoms with E-state index >= 15 is 0 Å². The summed E-state index contributed by atoms with van der Waals surface area (Å²) in [4.78, 5) is 9.75. The molecule has 0 heterocycles. The number of nitro groups is 1. The summed E-state index contributed by atoms with van der Waals surface area (Å²) in [5, 5.41) is 10.9. The molecule has 1 aromatic carbocycles. The lowest BCUT2D eigenvalue weighted by atomic mass is 10.1. The van der Waals surface area contributed by atoms with E-state index in [0.29, 0.717) is 4.47 Å². The molecule has 20 heavy (non-hydrogen) atoms. The van der Waals surface area contributed by atoms with Gasteiger partial charge < -0.3 is 5.73 Å². The van der Waals surface area contributed by atoms with Gasteiger partial charge in [-0.15, -0.1) is 12.4 Å². The van der Waals surface area contributed by atoms with Crippen LogP contribution in [-0.4, -0.2) is 25.4 Å². The van der Waals surface area contributed by atoms with E-state index in [1.165, 1.54) is 12.1 Å². The zero-order valence-corrected chi connectivity index (χ0v) is 14.0. The average Bonchev–Trinajstić information content (AvgIpc) is 2.27. The number of nitrogens with one attached hydrogen (secondary N) is 1. The zero-order valence-electron chi connectivity index (χ0n) is 10.8. The van der Waals surface area contributed by atoms with E-state index in [4.69, 9.17) is 5.73 Å². The van der Waals surface area contributed by atoms with Crippen LogP contribution in [0.1, 0.15) is 13.8 Å². The molecule has 0 atom stereocenters. The number of nitrogens with zero attached hydrogens (tertiary/aromatic N) is 1. The summed E-state index contributed by atoms with van der Waals surface area (Å²) in [5.74, 6) is 0. The largest absolute Gasteiger partial charge is 0.329 e. The van der Waals surface area contributed by atoms with E-state index in [-0.39, 0.29) is 19.0 Å². The molecule has 0 saturated carbocycles. The molecule has 3 N–H and O–H groups in total. The molecular formula is C10H15BrClN3O4S. The van der Waals surface area contributed by atoms with Crippen molar-refractivity contribution in [1.82, 2.24) is 4.72 Å². The molecule has 10 heteroatoms. The van der Waals surface area contributed by atoms with E-state index in [2.05, 4.69) is 20.7 Å². The van der Waals surface area contributed by atoms with Crippen LogP contribution >= 0.6 is 28.3 Å². The van der Waals surface area contributed by atoms with Crippen molar-refractivity contribution in [3.63, 3.8) is 0 Å². The predicted molar refractivity (Wildman–Crippen MR) is 81.5 cm³/mol. The Hall–Kier alpha value is -0.740. The molecule has 0 aliphatic heterocycles. The average molecular weight is 389 g/mol. The standard InChI is InChI=1S/C10H14BrN3O4S.ClH/c1-10(2,6-12)13-19(17,18)9-5-7(11)3-4-8(9)14(15)16;/h3-5,13H,6,12H2,1-2H3;1H. The summed E-state index contributed by atoms with van der Waals surface area (Å²) in [6.07, 6.45) is 0. The number of sulfonamides is 1. The van der Waals surface area contributed by atoms with Crippen LogP contribution in [0.3, 0.4) is 0 Å². The maximum Gasteiger partial charge on any atom is 0.289 e. The van der Waals surface area contributed by atoms with Crippen molar-refractivity contribution in [2.75, 3.05) is 6.54 Å². The Morgan fingerprint density at radius 1 is 1.45 bits per heavy atom. The zero-order chi connectivity index (χ0) is 14.8. The summed E-state index contributed by atoms with van der Waals surface area (Å²) in [6.45, 7) is 3.25. The fraction of sp³-hybridized carbons (Fsp3) is 0.400. The molecule has 0 unspecified atom stereocenters. The minimum Gasteiger partial charge on any atom is -0.329 e. The highest BCUT2D eigenvalue weighted by molar-refractivity contribution is 9.10. The summed E-state index contributed by atoms with van der Waals surface area (Å²) < 4.78 is 27.2. The van der Waals surface area contributed by atoms with Gasteiger partial charge in [0.15, 0.2) is 4.90 Å². The predicted octanol–water partition coefficient (Wildman–Crippen LogP) is 1.79. The molecule has 0 aliphatic rings. The second-order valence-electron chi connectivity index (χ2n) is 4.56. The molecule has 1 aromatic rings. The molecule has 0 bridgehead atoms. The smallest absolute Gasteiger partial charge is 0.289 e. The normalized spacial score (nSPS) is 11.8.